The minimum atomic E-state index is -1.05. The Morgan fingerprint density at radius 1 is 1.04 bits per heavy atom. The maximum atomic E-state index is 11.4. The van der Waals surface area contributed by atoms with E-state index in [4.69, 9.17) is 4.74 Å². The van der Waals surface area contributed by atoms with Crippen LogP contribution in [0.3, 0.4) is 0 Å². The lowest BCUT2D eigenvalue weighted by atomic mass is 10.1. The van der Waals surface area contributed by atoms with E-state index >= 15 is 0 Å². The molecule has 1 atom stereocenters. The van der Waals surface area contributed by atoms with E-state index in [1.807, 2.05) is 54.7 Å². The third kappa shape index (κ3) is 4.40. The third-order valence-corrected chi connectivity index (χ3v) is 5.39. The van der Waals surface area contributed by atoms with Crippen molar-refractivity contribution in [3.05, 3.63) is 72.7 Å². The summed E-state index contributed by atoms with van der Waals surface area (Å²) >= 11 is 0. The molecule has 1 aliphatic heterocycles. The first-order valence-electron chi connectivity index (χ1n) is 8.86. The number of pyridine rings is 2. The molecule has 1 aromatic carbocycles. The van der Waals surface area contributed by atoms with Crippen molar-refractivity contribution in [3.63, 3.8) is 0 Å². The predicted molar refractivity (Wildman–Crippen MR) is 106 cm³/mol. The zero-order valence-corrected chi connectivity index (χ0v) is 15.9. The quantitative estimate of drug-likeness (QED) is 0.659. The van der Waals surface area contributed by atoms with E-state index in [0.717, 1.165) is 42.2 Å². The van der Waals surface area contributed by atoms with Crippen LogP contribution < -0.4 is 4.74 Å². The Hall–Kier alpha value is -2.57. The average molecular weight is 379 g/mol. The van der Waals surface area contributed by atoms with Gasteiger partial charge in [-0.1, -0.05) is 24.3 Å². The number of nitrogens with zero attached hydrogens (tertiary/aromatic N) is 3. The van der Waals surface area contributed by atoms with Crippen LogP contribution in [0.4, 0.5) is 0 Å². The summed E-state index contributed by atoms with van der Waals surface area (Å²) in [5.41, 5.74) is 3.15. The summed E-state index contributed by atoms with van der Waals surface area (Å²) in [7, 11) is -1.05. The number of aromatic nitrogens is 2. The first-order valence-corrected chi connectivity index (χ1v) is 10.4. The molecule has 4 rings (SSSR count). The van der Waals surface area contributed by atoms with Crippen molar-refractivity contribution < 1.29 is 8.95 Å². The minimum absolute atomic E-state index is 0.222. The maximum absolute atomic E-state index is 11.4. The Labute approximate surface area is 161 Å². The number of ether oxygens (including phenoxy) is 1. The molecule has 138 valence electrons. The predicted octanol–water partition coefficient (Wildman–Crippen LogP) is 3.14. The second-order valence-electron chi connectivity index (χ2n) is 6.62. The van der Waals surface area contributed by atoms with Crippen LogP contribution in [0.2, 0.25) is 0 Å². The molecule has 0 bridgehead atoms. The van der Waals surface area contributed by atoms with Crippen LogP contribution >= 0.6 is 0 Å². The first-order chi connectivity index (χ1) is 13.2. The van der Waals surface area contributed by atoms with Crippen LogP contribution in [0.25, 0.3) is 11.1 Å². The topological polar surface area (TPSA) is 55.3 Å². The fraction of sp³-hybridized carbons (Fsp3) is 0.238. The molecule has 0 spiro atoms. The molecule has 3 aromatic rings. The number of benzene rings is 1. The van der Waals surface area contributed by atoms with E-state index in [9.17, 15) is 4.21 Å². The molecule has 0 radical (unpaired) electrons. The van der Waals surface area contributed by atoms with Crippen LogP contribution in [-0.2, 0) is 17.3 Å². The lowest BCUT2D eigenvalue weighted by Gasteiger charge is -2.38. The summed E-state index contributed by atoms with van der Waals surface area (Å²) in [4.78, 5) is 10.9. The summed E-state index contributed by atoms with van der Waals surface area (Å²) < 4.78 is 17.5. The normalized spacial score (nSPS) is 15.9. The molecule has 1 unspecified atom stereocenters. The Morgan fingerprint density at radius 3 is 2.44 bits per heavy atom. The van der Waals surface area contributed by atoms with Crippen molar-refractivity contribution in [1.29, 1.82) is 0 Å². The van der Waals surface area contributed by atoms with Crippen molar-refractivity contribution in [1.82, 2.24) is 14.9 Å². The smallest absolute Gasteiger partial charge is 0.126 e. The van der Waals surface area contributed by atoms with E-state index in [-0.39, 0.29) is 6.10 Å². The highest BCUT2D eigenvalue weighted by Gasteiger charge is 2.28. The molecule has 5 nitrogen and oxygen atoms in total. The molecule has 0 N–H and O–H groups in total. The standard InChI is InChI=1S/C21H21N3O2S/c1-27(25)21-10-7-17(12-23-21)16-5-8-19(9-6-16)26-20-14-24(15-20)13-18-4-2-3-11-22-18/h2-12,20H,13-15H2,1H3. The van der Waals surface area contributed by atoms with Crippen LogP contribution in [0.1, 0.15) is 5.69 Å². The summed E-state index contributed by atoms with van der Waals surface area (Å²) in [6.07, 6.45) is 5.44. The van der Waals surface area contributed by atoms with Gasteiger partial charge in [-0.15, -0.1) is 0 Å². The minimum Gasteiger partial charge on any atom is -0.488 e. The summed E-state index contributed by atoms with van der Waals surface area (Å²) in [6, 6.07) is 17.8. The highest BCUT2D eigenvalue weighted by molar-refractivity contribution is 7.84. The summed E-state index contributed by atoms with van der Waals surface area (Å²) in [6.45, 7) is 2.70. The molecule has 2 aromatic heterocycles. The molecular weight excluding hydrogens is 358 g/mol. The molecule has 0 amide bonds. The first kappa shape index (κ1) is 17.8. The van der Waals surface area contributed by atoms with Gasteiger partial charge in [0.05, 0.1) is 16.5 Å². The molecule has 0 saturated carbocycles. The van der Waals surface area contributed by atoms with Gasteiger partial charge in [0.1, 0.15) is 16.9 Å². The Balaban J connectivity index is 1.30. The van der Waals surface area contributed by atoms with Gasteiger partial charge in [-0.25, -0.2) is 4.98 Å². The van der Waals surface area contributed by atoms with Gasteiger partial charge in [0.15, 0.2) is 0 Å². The number of hydrogen-bond acceptors (Lipinski definition) is 5. The van der Waals surface area contributed by atoms with Gasteiger partial charge in [0.25, 0.3) is 0 Å². The van der Waals surface area contributed by atoms with E-state index in [0.29, 0.717) is 5.03 Å². The van der Waals surface area contributed by atoms with E-state index < -0.39 is 10.8 Å². The van der Waals surface area contributed by atoms with Gasteiger partial charge in [-0.2, -0.15) is 0 Å². The van der Waals surface area contributed by atoms with E-state index in [1.54, 1.807) is 18.5 Å². The van der Waals surface area contributed by atoms with Gasteiger partial charge in [-0.3, -0.25) is 14.1 Å². The molecule has 3 heterocycles. The second-order valence-corrected chi connectivity index (χ2v) is 7.95. The largest absolute Gasteiger partial charge is 0.488 e. The second kappa shape index (κ2) is 7.98. The summed E-state index contributed by atoms with van der Waals surface area (Å²) in [5.74, 6) is 0.875. The molecule has 6 heteroatoms. The van der Waals surface area contributed by atoms with Crippen molar-refractivity contribution in [2.75, 3.05) is 19.3 Å². The number of likely N-dealkylation sites (tertiary alicyclic amines) is 1. The molecule has 0 aliphatic carbocycles. The lowest BCUT2D eigenvalue weighted by Crippen LogP contribution is -2.53. The third-order valence-electron chi connectivity index (χ3n) is 4.56. The number of rotatable bonds is 6. The van der Waals surface area contributed by atoms with Gasteiger partial charge < -0.3 is 4.74 Å². The van der Waals surface area contributed by atoms with Crippen molar-refractivity contribution in [3.8, 4) is 16.9 Å². The molecular formula is C21H21N3O2S. The van der Waals surface area contributed by atoms with Gasteiger partial charge in [0, 0.05) is 43.8 Å². The zero-order chi connectivity index (χ0) is 18.6. The number of hydrogen-bond donors (Lipinski definition) is 0. The van der Waals surface area contributed by atoms with Crippen molar-refractivity contribution >= 4 is 10.8 Å². The van der Waals surface area contributed by atoms with Crippen LogP contribution in [-0.4, -0.2) is 44.5 Å². The fourth-order valence-corrected chi connectivity index (χ4v) is 3.55. The van der Waals surface area contributed by atoms with Crippen molar-refractivity contribution in [2.24, 2.45) is 0 Å². The van der Waals surface area contributed by atoms with E-state index in [1.165, 1.54) is 0 Å². The average Bonchev–Trinajstić information content (AvgIpc) is 2.68. The maximum Gasteiger partial charge on any atom is 0.126 e. The monoisotopic (exact) mass is 379 g/mol. The molecule has 1 saturated heterocycles. The van der Waals surface area contributed by atoms with E-state index in [2.05, 4.69) is 14.9 Å². The molecule has 1 fully saturated rings. The summed E-state index contributed by atoms with van der Waals surface area (Å²) in [5, 5.41) is 0.596. The molecule has 27 heavy (non-hydrogen) atoms. The fourth-order valence-electron chi connectivity index (χ4n) is 3.09. The lowest BCUT2D eigenvalue weighted by molar-refractivity contribution is 0.0138. The van der Waals surface area contributed by atoms with Gasteiger partial charge >= 0.3 is 0 Å². The Bertz CT molecular complexity index is 908. The highest BCUT2D eigenvalue weighted by atomic mass is 32.2. The SMILES string of the molecule is CS(=O)c1ccc(-c2ccc(OC3CN(Cc4ccccn4)C3)cc2)cn1. The van der Waals surface area contributed by atoms with Gasteiger partial charge in [-0.05, 0) is 35.9 Å². The van der Waals surface area contributed by atoms with Crippen LogP contribution in [0, 0.1) is 0 Å². The van der Waals surface area contributed by atoms with Crippen LogP contribution in [0.5, 0.6) is 5.75 Å². The zero-order valence-electron chi connectivity index (χ0n) is 15.1. The Morgan fingerprint density at radius 2 is 1.81 bits per heavy atom. The van der Waals surface area contributed by atoms with Gasteiger partial charge in [0.2, 0.25) is 0 Å². The Kier molecular flexibility index (Phi) is 5.27. The highest BCUT2D eigenvalue weighted by Crippen LogP contribution is 2.24. The van der Waals surface area contributed by atoms with Crippen molar-refractivity contribution in [2.45, 2.75) is 17.7 Å². The van der Waals surface area contributed by atoms with Crippen LogP contribution in [0.15, 0.2) is 72.0 Å². The molecule has 1 aliphatic rings.